The molecule has 0 atom stereocenters. The quantitative estimate of drug-likeness (QED) is 0.377. The van der Waals surface area contributed by atoms with Crippen molar-refractivity contribution in [3.8, 4) is 11.5 Å². The van der Waals surface area contributed by atoms with Crippen LogP contribution < -0.4 is 19.7 Å². The van der Waals surface area contributed by atoms with E-state index in [4.69, 9.17) is 18.9 Å². The van der Waals surface area contributed by atoms with Crippen molar-refractivity contribution in [2.75, 3.05) is 76.0 Å². The Bertz CT molecular complexity index is 1210. The van der Waals surface area contributed by atoms with E-state index in [9.17, 15) is 0 Å². The van der Waals surface area contributed by atoms with Gasteiger partial charge in [-0.05, 0) is 38.2 Å². The molecule has 6 rings (SSSR count). The van der Waals surface area contributed by atoms with Gasteiger partial charge >= 0.3 is 0 Å². The number of morpholine rings is 2. The van der Waals surface area contributed by atoms with Gasteiger partial charge in [-0.2, -0.15) is 0 Å². The van der Waals surface area contributed by atoms with E-state index in [1.54, 1.807) is 24.8 Å². The Labute approximate surface area is 235 Å². The van der Waals surface area contributed by atoms with E-state index in [1.807, 2.05) is 0 Å². The number of rotatable bonds is 10. The number of nitrogens with zero attached hydrogens (tertiary/aromatic N) is 6. The normalized spacial score (nSPS) is 22.2. The van der Waals surface area contributed by atoms with Crippen LogP contribution in [0.2, 0.25) is 0 Å². The molecule has 3 aliphatic rings. The number of aromatic nitrogens is 4. The molecular weight excluding hydrogens is 510 g/mol. The van der Waals surface area contributed by atoms with Gasteiger partial charge in [0.05, 0.1) is 57.0 Å². The van der Waals surface area contributed by atoms with Gasteiger partial charge in [-0.1, -0.05) is 0 Å². The van der Waals surface area contributed by atoms with E-state index in [1.165, 1.54) is 0 Å². The first kappa shape index (κ1) is 26.9. The van der Waals surface area contributed by atoms with Crippen molar-refractivity contribution in [1.29, 1.82) is 0 Å². The Morgan fingerprint density at radius 3 is 2.35 bits per heavy atom. The highest BCUT2D eigenvalue weighted by Gasteiger charge is 2.25. The van der Waals surface area contributed by atoms with Gasteiger partial charge in [-0.3, -0.25) is 9.88 Å². The van der Waals surface area contributed by atoms with Crippen LogP contribution in [-0.2, 0) is 9.47 Å². The molecule has 1 aromatic carbocycles. The van der Waals surface area contributed by atoms with Crippen LogP contribution in [0, 0.1) is 0 Å². The van der Waals surface area contributed by atoms with E-state index in [0.29, 0.717) is 24.3 Å². The maximum absolute atomic E-state index is 6.55. The van der Waals surface area contributed by atoms with Crippen LogP contribution in [0.1, 0.15) is 32.1 Å². The second-order valence-electron chi connectivity index (χ2n) is 10.6. The number of fused-ring (bicyclic) bond motifs is 1. The van der Waals surface area contributed by atoms with Crippen molar-refractivity contribution in [3.05, 3.63) is 36.9 Å². The van der Waals surface area contributed by atoms with E-state index in [-0.39, 0.29) is 6.10 Å². The highest BCUT2D eigenvalue weighted by atomic mass is 16.5. The highest BCUT2D eigenvalue weighted by molar-refractivity contribution is 5.85. The minimum Gasteiger partial charge on any atom is -0.490 e. The second kappa shape index (κ2) is 13.4. The number of hydrogen-bond donors (Lipinski definition) is 1. The predicted octanol–water partition coefficient (Wildman–Crippen LogP) is 3.16. The van der Waals surface area contributed by atoms with Gasteiger partial charge in [0, 0.05) is 62.9 Å². The van der Waals surface area contributed by atoms with Crippen LogP contribution in [0.3, 0.4) is 0 Å². The zero-order chi connectivity index (χ0) is 27.0. The van der Waals surface area contributed by atoms with Crippen LogP contribution in [0.15, 0.2) is 36.9 Å². The Morgan fingerprint density at radius 1 is 0.850 bits per heavy atom. The molecule has 40 heavy (non-hydrogen) atoms. The van der Waals surface area contributed by atoms with E-state index in [2.05, 4.69) is 47.2 Å². The molecule has 0 spiro atoms. The van der Waals surface area contributed by atoms with Crippen LogP contribution in [-0.4, -0.2) is 103 Å². The Balaban J connectivity index is 0.973. The molecule has 0 amide bonds. The molecule has 0 unspecified atom stereocenters. The molecule has 2 saturated heterocycles. The number of nitrogens with one attached hydrogen (secondary N) is 1. The first-order valence-electron chi connectivity index (χ1n) is 14.6. The van der Waals surface area contributed by atoms with Gasteiger partial charge in [0.1, 0.15) is 11.3 Å². The summed E-state index contributed by atoms with van der Waals surface area (Å²) in [5.41, 5.74) is 2.79. The lowest BCUT2D eigenvalue weighted by Crippen LogP contribution is -2.37. The number of benzene rings is 1. The number of hydrogen-bond acceptors (Lipinski definition) is 11. The van der Waals surface area contributed by atoms with Crippen LogP contribution in [0.25, 0.3) is 11.0 Å². The lowest BCUT2D eigenvalue weighted by molar-refractivity contribution is 0.0358. The average Bonchev–Trinajstić information content (AvgIpc) is 3.02. The van der Waals surface area contributed by atoms with Crippen molar-refractivity contribution < 1.29 is 18.9 Å². The zero-order valence-electron chi connectivity index (χ0n) is 23.0. The SMILES string of the molecule is c1cnc2c(O[C@H]3CC[C@@H](Nc4ncc(OCCCN5CCOCC5)cn4)CC3)cc(N3CCOCC3)cc2n1. The molecule has 1 saturated carbocycles. The van der Waals surface area contributed by atoms with Crippen LogP contribution in [0.4, 0.5) is 11.6 Å². The molecule has 11 nitrogen and oxygen atoms in total. The summed E-state index contributed by atoms with van der Waals surface area (Å²) in [7, 11) is 0. The minimum absolute atomic E-state index is 0.136. The summed E-state index contributed by atoms with van der Waals surface area (Å²) in [5.74, 6) is 2.16. The van der Waals surface area contributed by atoms with Gasteiger partial charge in [-0.15, -0.1) is 0 Å². The fourth-order valence-corrected chi connectivity index (χ4v) is 5.58. The third-order valence-corrected chi connectivity index (χ3v) is 7.82. The monoisotopic (exact) mass is 549 g/mol. The molecule has 4 heterocycles. The fourth-order valence-electron chi connectivity index (χ4n) is 5.58. The molecule has 1 aliphatic carbocycles. The standard InChI is InChI=1S/C29H39N7O4/c1(8-35-9-14-37-15-10-35)13-39-25-20-32-29(33-21-25)34-22-2-4-24(5-3-22)40-27-19-23(36-11-16-38-17-12-36)18-26-28(27)31-7-6-30-26/h6-7,18-22,24H,1-5,8-17H2,(H,32,33,34)/t22-,24+. The third-order valence-electron chi connectivity index (χ3n) is 7.82. The molecule has 0 radical (unpaired) electrons. The lowest BCUT2D eigenvalue weighted by Gasteiger charge is -2.31. The molecular formula is C29H39N7O4. The Morgan fingerprint density at radius 2 is 1.57 bits per heavy atom. The summed E-state index contributed by atoms with van der Waals surface area (Å²) >= 11 is 0. The van der Waals surface area contributed by atoms with Crippen LogP contribution >= 0.6 is 0 Å². The molecule has 2 aliphatic heterocycles. The molecule has 2 aromatic heterocycles. The van der Waals surface area contributed by atoms with E-state index >= 15 is 0 Å². The summed E-state index contributed by atoms with van der Waals surface area (Å²) in [6.07, 6.45) is 12.0. The highest BCUT2D eigenvalue weighted by Crippen LogP contribution is 2.33. The Hall–Kier alpha value is -3.28. The van der Waals surface area contributed by atoms with Crippen molar-refractivity contribution in [1.82, 2.24) is 24.8 Å². The summed E-state index contributed by atoms with van der Waals surface area (Å²) in [6, 6.07) is 4.53. The van der Waals surface area contributed by atoms with E-state index in [0.717, 1.165) is 114 Å². The van der Waals surface area contributed by atoms with Crippen LogP contribution in [0.5, 0.6) is 11.5 Å². The number of anilines is 2. The lowest BCUT2D eigenvalue weighted by atomic mass is 9.93. The van der Waals surface area contributed by atoms with Crippen molar-refractivity contribution in [2.24, 2.45) is 0 Å². The van der Waals surface area contributed by atoms with Gasteiger partial charge in [-0.25, -0.2) is 15.0 Å². The van der Waals surface area contributed by atoms with E-state index < -0.39 is 0 Å². The van der Waals surface area contributed by atoms with Gasteiger partial charge in [0.2, 0.25) is 5.95 Å². The van der Waals surface area contributed by atoms with Crippen molar-refractivity contribution in [3.63, 3.8) is 0 Å². The second-order valence-corrected chi connectivity index (χ2v) is 10.6. The molecule has 11 heteroatoms. The maximum atomic E-state index is 6.55. The molecule has 214 valence electrons. The maximum Gasteiger partial charge on any atom is 0.223 e. The zero-order valence-corrected chi connectivity index (χ0v) is 23.0. The van der Waals surface area contributed by atoms with Gasteiger partial charge < -0.3 is 29.2 Å². The average molecular weight is 550 g/mol. The first-order valence-corrected chi connectivity index (χ1v) is 14.6. The van der Waals surface area contributed by atoms with Crippen molar-refractivity contribution in [2.45, 2.75) is 44.2 Å². The van der Waals surface area contributed by atoms with Gasteiger partial charge in [0.15, 0.2) is 5.75 Å². The summed E-state index contributed by atoms with van der Waals surface area (Å²) in [6.45, 7) is 8.56. The minimum atomic E-state index is 0.136. The third kappa shape index (κ3) is 7.07. The first-order chi connectivity index (χ1) is 19.8. The number of ether oxygens (including phenoxy) is 4. The molecule has 3 aromatic rings. The predicted molar refractivity (Wildman–Crippen MR) is 152 cm³/mol. The summed E-state index contributed by atoms with van der Waals surface area (Å²) in [4.78, 5) is 22.8. The smallest absolute Gasteiger partial charge is 0.223 e. The summed E-state index contributed by atoms with van der Waals surface area (Å²) in [5, 5.41) is 3.49. The Kier molecular flexibility index (Phi) is 9.01. The van der Waals surface area contributed by atoms with Gasteiger partial charge in [0.25, 0.3) is 0 Å². The summed E-state index contributed by atoms with van der Waals surface area (Å²) < 4.78 is 23.3. The molecule has 1 N–H and O–H groups in total. The van der Waals surface area contributed by atoms with Crippen molar-refractivity contribution >= 4 is 22.7 Å². The fraction of sp³-hybridized carbons (Fsp3) is 0.586. The largest absolute Gasteiger partial charge is 0.490 e. The topological polar surface area (TPSA) is 107 Å². The molecule has 0 bridgehead atoms. The molecule has 3 fully saturated rings.